The maximum Gasteiger partial charge on any atom is 0.239 e. The van der Waals surface area contributed by atoms with Gasteiger partial charge in [0.1, 0.15) is 108 Å². The zero-order valence-corrected chi connectivity index (χ0v) is 33.3. The van der Waals surface area contributed by atoms with E-state index in [9.17, 15) is 76.3 Å². The van der Waals surface area contributed by atoms with Gasteiger partial charge in [-0.1, -0.05) is 0 Å². The number of aliphatic hydroxyl groups is 12. The van der Waals surface area contributed by atoms with Gasteiger partial charge in [-0.3, -0.25) is 4.79 Å². The average Bonchev–Trinajstić information content (AvgIpc) is 3.25. The SMILES string of the molecule is C[C@@H]1O[C@@H](OC[C@H]2O[C@@H](Oc3c(-c4ccc(O)cc4)oc4cc(O[C@@H]5O[C@@H](C)[C@H](O)[C@@H](O)[C@H]5O)cc(O)c4c3=O)[C@H](O[C@@H]3O[C@H](CO)[C@@H](O)[C@H](O)[C@H]3O)[C@@H](O)[C@@H]2O)[C@H](O)[C@H](O)[C@H]1O. The predicted octanol–water partition coefficient (Wildman–Crippen LogP) is -5.07. The Morgan fingerprint density at radius 1 is 0.587 bits per heavy atom. The van der Waals surface area contributed by atoms with Gasteiger partial charge in [0.2, 0.25) is 23.8 Å². The normalized spacial score (nSPS) is 41.0. The predicted molar refractivity (Wildman–Crippen MR) is 202 cm³/mol. The number of aliphatic hydroxyl groups excluding tert-OH is 12. The van der Waals surface area contributed by atoms with Crippen molar-refractivity contribution in [2.45, 2.75) is 137 Å². The van der Waals surface area contributed by atoms with Crippen molar-refractivity contribution in [2.24, 2.45) is 0 Å². The topological polar surface area (TPSA) is 387 Å². The first-order valence-corrected chi connectivity index (χ1v) is 19.8. The van der Waals surface area contributed by atoms with Crippen LogP contribution in [0.25, 0.3) is 22.3 Å². The summed E-state index contributed by atoms with van der Waals surface area (Å²) in [6.45, 7) is 1.18. The van der Waals surface area contributed by atoms with Gasteiger partial charge >= 0.3 is 0 Å². The molecule has 4 aliphatic heterocycles. The van der Waals surface area contributed by atoms with Crippen molar-refractivity contribution in [3.05, 3.63) is 46.6 Å². The highest BCUT2D eigenvalue weighted by molar-refractivity contribution is 5.88. The number of phenolic OH excluding ortho intramolecular Hbond substituents is 2. The number of hydrogen-bond donors (Lipinski definition) is 14. The van der Waals surface area contributed by atoms with Crippen LogP contribution in [0.4, 0.5) is 0 Å². The second kappa shape index (κ2) is 18.9. The van der Waals surface area contributed by atoms with E-state index in [1.54, 1.807) is 0 Å². The monoisotopic (exact) mass is 902 g/mol. The maximum absolute atomic E-state index is 14.5. The number of phenols is 2. The highest BCUT2D eigenvalue weighted by Gasteiger charge is 2.53. The Morgan fingerprint density at radius 3 is 1.78 bits per heavy atom. The van der Waals surface area contributed by atoms with Crippen LogP contribution in [0.1, 0.15) is 13.8 Å². The van der Waals surface area contributed by atoms with E-state index in [4.69, 9.17) is 42.3 Å². The van der Waals surface area contributed by atoms with Crippen LogP contribution in [0.15, 0.2) is 45.6 Å². The van der Waals surface area contributed by atoms with Gasteiger partial charge in [-0.15, -0.1) is 0 Å². The molecule has 1 aromatic heterocycles. The number of aromatic hydroxyl groups is 2. The molecule has 4 fully saturated rings. The number of rotatable bonds is 11. The molecular weight excluding hydrogens is 852 g/mol. The molecule has 63 heavy (non-hydrogen) atoms. The molecule has 24 heteroatoms. The molecule has 0 unspecified atom stereocenters. The van der Waals surface area contributed by atoms with Crippen LogP contribution in [-0.4, -0.2) is 208 Å². The van der Waals surface area contributed by atoms with Gasteiger partial charge in [0.05, 0.1) is 25.4 Å². The Morgan fingerprint density at radius 2 is 1.14 bits per heavy atom. The van der Waals surface area contributed by atoms with Crippen LogP contribution < -0.4 is 14.9 Å². The lowest BCUT2D eigenvalue weighted by molar-refractivity contribution is -0.362. The highest BCUT2D eigenvalue weighted by atomic mass is 16.8. The van der Waals surface area contributed by atoms with Gasteiger partial charge in [0.25, 0.3) is 0 Å². The zero-order valence-electron chi connectivity index (χ0n) is 33.3. The molecule has 2 aromatic carbocycles. The molecule has 14 N–H and O–H groups in total. The lowest BCUT2D eigenvalue weighted by Crippen LogP contribution is -2.65. The van der Waals surface area contributed by atoms with E-state index >= 15 is 0 Å². The molecule has 0 amide bonds. The molecule has 0 bridgehead atoms. The van der Waals surface area contributed by atoms with Gasteiger partial charge in [-0.05, 0) is 38.1 Å². The molecule has 350 valence electrons. The highest BCUT2D eigenvalue weighted by Crippen LogP contribution is 2.40. The number of ether oxygens (including phenoxy) is 8. The Hall–Kier alpha value is -3.87. The molecule has 3 aromatic rings. The van der Waals surface area contributed by atoms with E-state index in [-0.39, 0.29) is 22.6 Å². The molecule has 20 atom stereocenters. The lowest BCUT2D eigenvalue weighted by atomic mass is 9.97. The Kier molecular flexibility index (Phi) is 14.1. The van der Waals surface area contributed by atoms with Crippen LogP contribution in [0.5, 0.6) is 23.0 Å². The minimum Gasteiger partial charge on any atom is -0.508 e. The Bertz CT molecular complexity index is 2080. The van der Waals surface area contributed by atoms with Crippen molar-refractivity contribution in [3.8, 4) is 34.3 Å². The second-order valence-corrected chi connectivity index (χ2v) is 15.7. The van der Waals surface area contributed by atoms with E-state index in [1.165, 1.54) is 38.1 Å². The van der Waals surface area contributed by atoms with E-state index in [0.29, 0.717) is 0 Å². The molecular formula is C39H50O24. The fourth-order valence-corrected chi connectivity index (χ4v) is 7.56. The molecule has 0 radical (unpaired) electrons. The molecule has 5 heterocycles. The van der Waals surface area contributed by atoms with Gasteiger partial charge in [-0.25, -0.2) is 0 Å². The smallest absolute Gasteiger partial charge is 0.239 e. The third-order valence-corrected chi connectivity index (χ3v) is 11.3. The minimum absolute atomic E-state index is 0.0468. The summed E-state index contributed by atoms with van der Waals surface area (Å²) in [6, 6.07) is 7.10. The van der Waals surface area contributed by atoms with Crippen molar-refractivity contribution < 1.29 is 114 Å². The second-order valence-electron chi connectivity index (χ2n) is 15.7. The zero-order chi connectivity index (χ0) is 45.8. The Balaban J connectivity index is 1.27. The maximum atomic E-state index is 14.5. The van der Waals surface area contributed by atoms with Crippen molar-refractivity contribution in [2.75, 3.05) is 13.2 Å². The summed E-state index contributed by atoms with van der Waals surface area (Å²) in [5.74, 6) is -2.43. The standard InChI is InChI=1S/C39H50O24/c1-11-21(43)26(48)30(52)36(56-11)55-10-19-24(46)29(51)35(63-38-32(54)28(50)23(45)18(9-40)60-38)39(61-19)62-34-25(47)20-16(42)7-15(58-37-31(53)27(49)22(44)12(2)57-37)8-17(20)59-33(34)13-3-5-14(41)6-4-13/h3-8,11-12,18-19,21-24,26-32,35-46,48-54H,9-10H2,1-2H3/t11-,12-,18+,19+,21-,22-,23+,24+,26+,27+,28-,29-,30+,31+,32+,35+,36+,37-,38-,39-/m0/s1. The van der Waals surface area contributed by atoms with Gasteiger partial charge in [0.15, 0.2) is 24.4 Å². The molecule has 4 saturated heterocycles. The van der Waals surface area contributed by atoms with Gasteiger partial charge in [0, 0.05) is 17.7 Å². The van der Waals surface area contributed by atoms with Crippen LogP contribution in [0.2, 0.25) is 0 Å². The minimum atomic E-state index is -2.12. The van der Waals surface area contributed by atoms with E-state index in [0.717, 1.165) is 12.1 Å². The lowest BCUT2D eigenvalue weighted by Gasteiger charge is -2.46. The summed E-state index contributed by atoms with van der Waals surface area (Å²) in [7, 11) is 0. The molecule has 4 aliphatic rings. The number of hydrogen-bond acceptors (Lipinski definition) is 24. The Labute approximate surface area is 355 Å². The third-order valence-electron chi connectivity index (χ3n) is 11.3. The van der Waals surface area contributed by atoms with Crippen molar-refractivity contribution in [3.63, 3.8) is 0 Å². The fraction of sp³-hybridized carbons (Fsp3) is 0.615. The van der Waals surface area contributed by atoms with Crippen LogP contribution in [0, 0.1) is 0 Å². The van der Waals surface area contributed by atoms with E-state index in [1.807, 2.05) is 0 Å². The van der Waals surface area contributed by atoms with Crippen LogP contribution in [-0.2, 0) is 28.4 Å². The molecule has 0 saturated carbocycles. The third kappa shape index (κ3) is 9.19. The van der Waals surface area contributed by atoms with Crippen LogP contribution >= 0.6 is 0 Å². The fourth-order valence-electron chi connectivity index (χ4n) is 7.56. The molecule has 0 spiro atoms. The summed E-state index contributed by atoms with van der Waals surface area (Å²) in [5.41, 5.74) is -1.43. The first kappa shape index (κ1) is 47.1. The molecule has 24 nitrogen and oxygen atoms in total. The number of benzene rings is 2. The summed E-state index contributed by atoms with van der Waals surface area (Å²) < 4.78 is 51.7. The van der Waals surface area contributed by atoms with E-state index in [2.05, 4.69) is 0 Å². The van der Waals surface area contributed by atoms with Crippen LogP contribution in [0.3, 0.4) is 0 Å². The molecule has 0 aliphatic carbocycles. The summed E-state index contributed by atoms with van der Waals surface area (Å²) in [5, 5.41) is 147. The van der Waals surface area contributed by atoms with Crippen molar-refractivity contribution in [1.82, 2.24) is 0 Å². The van der Waals surface area contributed by atoms with Gasteiger partial charge < -0.3 is 114 Å². The average molecular weight is 903 g/mol. The van der Waals surface area contributed by atoms with E-state index < -0.39 is 164 Å². The summed E-state index contributed by atoms with van der Waals surface area (Å²) in [6.07, 6.45) is -34.3. The first-order chi connectivity index (χ1) is 29.8. The largest absolute Gasteiger partial charge is 0.508 e. The van der Waals surface area contributed by atoms with Gasteiger partial charge in [-0.2, -0.15) is 0 Å². The first-order valence-electron chi connectivity index (χ1n) is 19.8. The quantitative estimate of drug-likeness (QED) is 0.0856. The number of fused-ring (bicyclic) bond motifs is 1. The summed E-state index contributed by atoms with van der Waals surface area (Å²) >= 11 is 0. The van der Waals surface area contributed by atoms with Crippen molar-refractivity contribution >= 4 is 11.0 Å². The molecule has 7 rings (SSSR count). The van der Waals surface area contributed by atoms with Crippen molar-refractivity contribution in [1.29, 1.82) is 0 Å². The summed E-state index contributed by atoms with van der Waals surface area (Å²) in [4.78, 5) is 14.5.